The lowest BCUT2D eigenvalue weighted by atomic mass is 10.1. The van der Waals surface area contributed by atoms with Gasteiger partial charge >= 0.3 is 6.03 Å². The van der Waals surface area contributed by atoms with Crippen molar-refractivity contribution in [3.63, 3.8) is 0 Å². The molecule has 2 aromatic carbocycles. The molecule has 0 saturated carbocycles. The number of hydroxylamine groups is 1. The van der Waals surface area contributed by atoms with Crippen molar-refractivity contribution in [1.29, 1.82) is 0 Å². The predicted octanol–water partition coefficient (Wildman–Crippen LogP) is 4.23. The zero-order chi connectivity index (χ0) is 18.4. The van der Waals surface area contributed by atoms with Gasteiger partial charge in [-0.2, -0.15) is 5.06 Å². The van der Waals surface area contributed by atoms with Gasteiger partial charge in [-0.25, -0.2) is 4.79 Å². The van der Waals surface area contributed by atoms with E-state index >= 15 is 0 Å². The third-order valence-corrected chi connectivity index (χ3v) is 4.22. The number of amides is 2. The highest BCUT2D eigenvalue weighted by Crippen LogP contribution is 2.25. The molecule has 2 N–H and O–H groups in total. The second-order valence-corrected chi connectivity index (χ2v) is 5.93. The number of benzene rings is 2. The maximum atomic E-state index is 11.7. The lowest BCUT2D eigenvalue weighted by Gasteiger charge is -2.19. The van der Waals surface area contributed by atoms with E-state index in [1.54, 1.807) is 6.07 Å². The molecule has 0 aromatic heterocycles. The van der Waals surface area contributed by atoms with Crippen LogP contribution in [-0.2, 0) is 19.4 Å². The summed E-state index contributed by atoms with van der Waals surface area (Å²) in [4.78, 5) is 11.7. The first kappa shape index (κ1) is 18.8. The minimum absolute atomic E-state index is 0.267. The number of carbonyl (C=O) groups is 1. The van der Waals surface area contributed by atoms with Crippen LogP contribution in [0.25, 0.3) is 0 Å². The quantitative estimate of drug-likeness (QED) is 0.610. The van der Waals surface area contributed by atoms with Crippen LogP contribution in [0.2, 0.25) is 0 Å². The topological polar surface area (TPSA) is 61.8 Å². The molecule has 2 amide bonds. The molecule has 5 heteroatoms. The molecule has 0 radical (unpaired) electrons. The predicted molar refractivity (Wildman–Crippen MR) is 99.4 cm³/mol. The number of ether oxygens (including phenoxy) is 1. The summed E-state index contributed by atoms with van der Waals surface area (Å²) >= 11 is 0. The molecular weight excluding hydrogens is 316 g/mol. The van der Waals surface area contributed by atoms with E-state index in [0.29, 0.717) is 10.8 Å². The number of nitrogens with one attached hydrogen (secondary N) is 1. The van der Waals surface area contributed by atoms with Gasteiger partial charge < -0.3 is 10.1 Å². The Balaban J connectivity index is 2.26. The molecule has 0 aliphatic heterocycles. The van der Waals surface area contributed by atoms with Gasteiger partial charge in [0.2, 0.25) is 0 Å². The molecule has 0 fully saturated rings. The van der Waals surface area contributed by atoms with Gasteiger partial charge in [0.1, 0.15) is 12.4 Å². The molecule has 0 spiro atoms. The molecule has 0 heterocycles. The lowest BCUT2D eigenvalue weighted by Crippen LogP contribution is -2.36. The largest absolute Gasteiger partial charge is 0.489 e. The zero-order valence-electron chi connectivity index (χ0n) is 15.3. The standard InChI is InChI=1S/C20H26N2O3/c1-5-15-8-10-19(14(3)11-15)25-13-17-12-16(6-2)7-9-18(17)22(24)20(23)21-4/h7-12,24H,5-6,13H2,1-4H3,(H,21,23). The fourth-order valence-corrected chi connectivity index (χ4v) is 2.65. The maximum Gasteiger partial charge on any atom is 0.345 e. The highest BCUT2D eigenvalue weighted by Gasteiger charge is 2.16. The number of carbonyl (C=O) groups excluding carboxylic acids is 1. The van der Waals surface area contributed by atoms with E-state index in [-0.39, 0.29) is 6.61 Å². The highest BCUT2D eigenvalue weighted by molar-refractivity contribution is 5.90. The minimum Gasteiger partial charge on any atom is -0.489 e. The molecule has 0 aliphatic rings. The summed E-state index contributed by atoms with van der Waals surface area (Å²) in [6.07, 6.45) is 1.85. The van der Waals surface area contributed by atoms with E-state index in [1.165, 1.54) is 12.6 Å². The first-order chi connectivity index (χ1) is 12.0. The third kappa shape index (κ3) is 4.51. The van der Waals surface area contributed by atoms with Crippen LogP contribution in [0.3, 0.4) is 0 Å². The van der Waals surface area contributed by atoms with Crippen molar-refractivity contribution in [1.82, 2.24) is 5.32 Å². The molecule has 0 atom stereocenters. The van der Waals surface area contributed by atoms with Crippen LogP contribution in [0.4, 0.5) is 10.5 Å². The average Bonchev–Trinajstić information content (AvgIpc) is 2.65. The van der Waals surface area contributed by atoms with Gasteiger partial charge in [0, 0.05) is 12.6 Å². The van der Waals surface area contributed by atoms with Crippen molar-refractivity contribution < 1.29 is 14.7 Å². The monoisotopic (exact) mass is 342 g/mol. The van der Waals surface area contributed by atoms with Gasteiger partial charge in [-0.15, -0.1) is 0 Å². The minimum atomic E-state index is -0.589. The first-order valence-electron chi connectivity index (χ1n) is 8.55. The van der Waals surface area contributed by atoms with E-state index in [9.17, 15) is 10.0 Å². The van der Waals surface area contributed by atoms with Crippen molar-refractivity contribution in [3.05, 3.63) is 58.7 Å². The van der Waals surface area contributed by atoms with Gasteiger partial charge in [0.05, 0.1) is 5.69 Å². The molecule has 134 valence electrons. The number of anilines is 1. The molecule has 2 aromatic rings. The molecular formula is C20H26N2O3. The Kier molecular flexibility index (Phi) is 6.42. The second-order valence-electron chi connectivity index (χ2n) is 5.93. The summed E-state index contributed by atoms with van der Waals surface area (Å²) in [5.74, 6) is 0.800. The Morgan fingerprint density at radius 2 is 1.76 bits per heavy atom. The van der Waals surface area contributed by atoms with Crippen LogP contribution in [-0.4, -0.2) is 18.3 Å². The van der Waals surface area contributed by atoms with Gasteiger partial charge in [0.25, 0.3) is 0 Å². The third-order valence-electron chi connectivity index (χ3n) is 4.22. The molecule has 0 aliphatic carbocycles. The van der Waals surface area contributed by atoms with Gasteiger partial charge in [-0.05, 0) is 48.6 Å². The fourth-order valence-electron chi connectivity index (χ4n) is 2.65. The summed E-state index contributed by atoms with van der Waals surface area (Å²) < 4.78 is 5.96. The smallest absolute Gasteiger partial charge is 0.345 e. The fraction of sp³-hybridized carbons (Fsp3) is 0.350. The van der Waals surface area contributed by atoms with Crippen LogP contribution in [0.5, 0.6) is 5.75 Å². The van der Waals surface area contributed by atoms with Crippen molar-refractivity contribution in [2.24, 2.45) is 0 Å². The Bertz CT molecular complexity index is 744. The summed E-state index contributed by atoms with van der Waals surface area (Å²) in [7, 11) is 1.47. The maximum absolute atomic E-state index is 11.7. The summed E-state index contributed by atoms with van der Waals surface area (Å²) in [6.45, 7) is 6.46. The Morgan fingerprint density at radius 1 is 1.12 bits per heavy atom. The van der Waals surface area contributed by atoms with E-state index in [1.807, 2.05) is 25.1 Å². The van der Waals surface area contributed by atoms with Crippen molar-refractivity contribution in [2.75, 3.05) is 12.1 Å². The summed E-state index contributed by atoms with van der Waals surface area (Å²) in [5, 5.41) is 13.1. The number of rotatable bonds is 6. The molecule has 25 heavy (non-hydrogen) atoms. The van der Waals surface area contributed by atoms with Crippen LogP contribution in [0.1, 0.15) is 36.1 Å². The van der Waals surface area contributed by atoms with E-state index < -0.39 is 6.03 Å². The van der Waals surface area contributed by atoms with Crippen LogP contribution < -0.4 is 15.1 Å². The molecule has 2 rings (SSSR count). The number of urea groups is 1. The van der Waals surface area contributed by atoms with E-state index in [4.69, 9.17) is 4.74 Å². The van der Waals surface area contributed by atoms with Crippen molar-refractivity contribution >= 4 is 11.7 Å². The Morgan fingerprint density at radius 3 is 2.36 bits per heavy atom. The SMILES string of the molecule is CCc1ccc(OCc2cc(CC)ccc2N(O)C(=O)NC)c(C)c1. The average molecular weight is 342 g/mol. The summed E-state index contributed by atoms with van der Waals surface area (Å²) in [6, 6.07) is 11.1. The van der Waals surface area contributed by atoms with Crippen LogP contribution >= 0.6 is 0 Å². The number of hydrogen-bond donors (Lipinski definition) is 2. The van der Waals surface area contributed by atoms with E-state index in [0.717, 1.165) is 35.3 Å². The van der Waals surface area contributed by atoms with Crippen molar-refractivity contribution in [2.45, 2.75) is 40.2 Å². The zero-order valence-corrected chi connectivity index (χ0v) is 15.3. The van der Waals surface area contributed by atoms with E-state index in [2.05, 4.69) is 31.3 Å². The number of hydrogen-bond acceptors (Lipinski definition) is 3. The second kappa shape index (κ2) is 8.53. The molecule has 0 saturated heterocycles. The molecule has 5 nitrogen and oxygen atoms in total. The number of aryl methyl sites for hydroxylation is 3. The van der Waals surface area contributed by atoms with Crippen LogP contribution in [0.15, 0.2) is 36.4 Å². The molecule has 0 unspecified atom stereocenters. The highest BCUT2D eigenvalue weighted by atomic mass is 16.5. The number of nitrogens with zero attached hydrogens (tertiary/aromatic N) is 1. The van der Waals surface area contributed by atoms with Crippen molar-refractivity contribution in [3.8, 4) is 5.75 Å². The van der Waals surface area contributed by atoms with Crippen LogP contribution in [0, 0.1) is 6.92 Å². The first-order valence-corrected chi connectivity index (χ1v) is 8.55. The molecule has 0 bridgehead atoms. The Hall–Kier alpha value is -2.53. The summed E-state index contributed by atoms with van der Waals surface area (Å²) in [5.41, 5.74) is 4.62. The normalized spacial score (nSPS) is 10.4. The van der Waals surface area contributed by atoms with Gasteiger partial charge in [-0.3, -0.25) is 5.21 Å². The van der Waals surface area contributed by atoms with Gasteiger partial charge in [-0.1, -0.05) is 38.1 Å². The lowest BCUT2D eigenvalue weighted by molar-refractivity contribution is 0.205. The van der Waals surface area contributed by atoms with Gasteiger partial charge in [0.15, 0.2) is 0 Å². The Labute approximate surface area is 149 Å².